The fourth-order valence-electron chi connectivity index (χ4n) is 1.88. The molecule has 4 heteroatoms. The first kappa shape index (κ1) is 13.9. The smallest absolute Gasteiger partial charge is 0.140 e. The summed E-state index contributed by atoms with van der Waals surface area (Å²) in [7, 11) is 3.57. The maximum atomic E-state index is 12.0. The van der Waals surface area contributed by atoms with Gasteiger partial charge in [0.1, 0.15) is 5.78 Å². The highest BCUT2D eigenvalue weighted by molar-refractivity contribution is 5.83. The van der Waals surface area contributed by atoms with Crippen molar-refractivity contribution in [1.29, 1.82) is 0 Å². The molecule has 17 heavy (non-hydrogen) atoms. The fourth-order valence-corrected chi connectivity index (χ4v) is 1.88. The number of ether oxygens (including phenoxy) is 1. The SMILES string of the molecule is COCCC(C)C(=O)Cc1c(C)nn(C)c1C. The van der Waals surface area contributed by atoms with Gasteiger partial charge in [-0.25, -0.2) is 0 Å². The van der Waals surface area contributed by atoms with Gasteiger partial charge >= 0.3 is 0 Å². The van der Waals surface area contributed by atoms with Crippen LogP contribution in [0.4, 0.5) is 0 Å². The van der Waals surface area contributed by atoms with Crippen molar-refractivity contribution in [3.8, 4) is 0 Å². The molecular weight excluding hydrogens is 216 g/mol. The summed E-state index contributed by atoms with van der Waals surface area (Å²) >= 11 is 0. The third kappa shape index (κ3) is 3.40. The lowest BCUT2D eigenvalue weighted by atomic mass is 9.96. The van der Waals surface area contributed by atoms with Crippen molar-refractivity contribution in [2.24, 2.45) is 13.0 Å². The van der Waals surface area contributed by atoms with E-state index >= 15 is 0 Å². The van der Waals surface area contributed by atoms with Crippen LogP contribution in [0.15, 0.2) is 0 Å². The fraction of sp³-hybridized carbons (Fsp3) is 0.692. The molecule has 0 saturated carbocycles. The molecule has 0 bridgehead atoms. The predicted molar refractivity (Wildman–Crippen MR) is 67.1 cm³/mol. The van der Waals surface area contributed by atoms with Gasteiger partial charge in [-0.15, -0.1) is 0 Å². The van der Waals surface area contributed by atoms with E-state index in [4.69, 9.17) is 4.74 Å². The first-order valence-electron chi connectivity index (χ1n) is 5.98. The second kappa shape index (κ2) is 5.96. The topological polar surface area (TPSA) is 44.1 Å². The minimum atomic E-state index is 0.0500. The highest BCUT2D eigenvalue weighted by Crippen LogP contribution is 2.16. The van der Waals surface area contributed by atoms with Crippen molar-refractivity contribution >= 4 is 5.78 Å². The average Bonchev–Trinajstić information content (AvgIpc) is 2.52. The number of nitrogens with zero attached hydrogens (tertiary/aromatic N) is 2. The number of aryl methyl sites for hydroxylation is 2. The Morgan fingerprint density at radius 1 is 1.47 bits per heavy atom. The van der Waals surface area contributed by atoms with Crippen LogP contribution in [0, 0.1) is 19.8 Å². The second-order valence-corrected chi connectivity index (χ2v) is 4.60. The van der Waals surface area contributed by atoms with E-state index in [2.05, 4.69) is 5.10 Å². The summed E-state index contributed by atoms with van der Waals surface area (Å²) in [5, 5.41) is 4.32. The third-order valence-corrected chi connectivity index (χ3v) is 3.31. The molecule has 1 heterocycles. The number of carbonyl (C=O) groups is 1. The second-order valence-electron chi connectivity index (χ2n) is 4.60. The molecule has 0 saturated heterocycles. The van der Waals surface area contributed by atoms with Gasteiger partial charge in [-0.05, 0) is 20.3 Å². The lowest BCUT2D eigenvalue weighted by molar-refractivity contribution is -0.122. The van der Waals surface area contributed by atoms with Gasteiger partial charge in [0.05, 0.1) is 5.69 Å². The molecule has 0 aliphatic heterocycles. The number of Topliss-reactive ketones (excluding diaryl/α,β-unsaturated/α-hetero) is 1. The summed E-state index contributed by atoms with van der Waals surface area (Å²) in [6.07, 6.45) is 1.27. The van der Waals surface area contributed by atoms with Crippen molar-refractivity contribution < 1.29 is 9.53 Å². The van der Waals surface area contributed by atoms with Crippen LogP contribution in [0.2, 0.25) is 0 Å². The zero-order valence-corrected chi connectivity index (χ0v) is 11.4. The van der Waals surface area contributed by atoms with Gasteiger partial charge < -0.3 is 4.74 Å². The first-order valence-corrected chi connectivity index (χ1v) is 5.98. The van der Waals surface area contributed by atoms with E-state index in [1.165, 1.54) is 0 Å². The first-order chi connectivity index (χ1) is 7.97. The Kier molecular flexibility index (Phi) is 4.87. The Bertz CT molecular complexity index is 396. The molecule has 0 fully saturated rings. The van der Waals surface area contributed by atoms with Crippen molar-refractivity contribution in [1.82, 2.24) is 9.78 Å². The highest BCUT2D eigenvalue weighted by atomic mass is 16.5. The Hall–Kier alpha value is -1.16. The van der Waals surface area contributed by atoms with E-state index in [1.807, 2.05) is 32.5 Å². The zero-order chi connectivity index (χ0) is 13.0. The summed E-state index contributed by atoms with van der Waals surface area (Å²) in [6, 6.07) is 0. The van der Waals surface area contributed by atoms with E-state index < -0.39 is 0 Å². The summed E-state index contributed by atoms with van der Waals surface area (Å²) in [4.78, 5) is 12.0. The van der Waals surface area contributed by atoms with E-state index in [0.29, 0.717) is 13.0 Å². The lowest BCUT2D eigenvalue weighted by Gasteiger charge is -2.09. The van der Waals surface area contributed by atoms with Crippen molar-refractivity contribution in [2.75, 3.05) is 13.7 Å². The predicted octanol–water partition coefficient (Wildman–Crippen LogP) is 1.82. The summed E-state index contributed by atoms with van der Waals surface area (Å²) in [5.74, 6) is 0.315. The number of rotatable bonds is 6. The standard InChI is InChI=1S/C13H22N2O2/c1-9(6-7-17-5)13(16)8-12-10(2)14-15(4)11(12)3/h9H,6-8H2,1-5H3. The number of hydrogen-bond acceptors (Lipinski definition) is 3. The van der Waals surface area contributed by atoms with E-state index in [-0.39, 0.29) is 11.7 Å². The van der Waals surface area contributed by atoms with Crippen molar-refractivity contribution in [3.63, 3.8) is 0 Å². The molecule has 96 valence electrons. The Labute approximate surface area is 103 Å². The van der Waals surface area contributed by atoms with Crippen LogP contribution >= 0.6 is 0 Å². The van der Waals surface area contributed by atoms with Gasteiger partial charge in [0.2, 0.25) is 0 Å². The maximum absolute atomic E-state index is 12.0. The third-order valence-electron chi connectivity index (χ3n) is 3.31. The molecule has 0 amide bonds. The molecule has 1 atom stereocenters. The average molecular weight is 238 g/mol. The molecule has 4 nitrogen and oxygen atoms in total. The van der Waals surface area contributed by atoms with Gasteiger partial charge in [0.15, 0.2) is 0 Å². The molecule has 0 spiro atoms. The summed E-state index contributed by atoms with van der Waals surface area (Å²) in [6.45, 7) is 6.55. The molecule has 1 rings (SSSR count). The van der Waals surface area contributed by atoms with Crippen LogP contribution in [0.3, 0.4) is 0 Å². The molecule has 0 radical (unpaired) electrons. The van der Waals surface area contributed by atoms with Gasteiger partial charge in [-0.1, -0.05) is 6.92 Å². The largest absolute Gasteiger partial charge is 0.385 e. The Morgan fingerprint density at radius 3 is 2.59 bits per heavy atom. The van der Waals surface area contributed by atoms with Crippen molar-refractivity contribution in [3.05, 3.63) is 17.0 Å². The molecule has 0 aromatic carbocycles. The molecular formula is C13H22N2O2. The van der Waals surface area contributed by atoms with Crippen LogP contribution in [0.1, 0.15) is 30.3 Å². The van der Waals surface area contributed by atoms with Crippen LogP contribution in [0.5, 0.6) is 0 Å². The molecule has 0 N–H and O–H groups in total. The lowest BCUT2D eigenvalue weighted by Crippen LogP contribution is -2.16. The van der Waals surface area contributed by atoms with Crippen molar-refractivity contribution in [2.45, 2.75) is 33.6 Å². The van der Waals surface area contributed by atoms with Crippen LogP contribution in [0.25, 0.3) is 0 Å². The summed E-state index contributed by atoms with van der Waals surface area (Å²) < 4.78 is 6.83. The van der Waals surface area contributed by atoms with Gasteiger partial charge in [0, 0.05) is 44.4 Å². The maximum Gasteiger partial charge on any atom is 0.140 e. The van der Waals surface area contributed by atoms with E-state index in [1.54, 1.807) is 7.11 Å². The minimum Gasteiger partial charge on any atom is -0.385 e. The molecule has 1 unspecified atom stereocenters. The Morgan fingerprint density at radius 2 is 2.12 bits per heavy atom. The number of ketones is 1. The number of hydrogen-bond donors (Lipinski definition) is 0. The van der Waals surface area contributed by atoms with Gasteiger partial charge in [-0.3, -0.25) is 9.48 Å². The molecule has 1 aromatic heterocycles. The van der Waals surface area contributed by atoms with Crippen LogP contribution in [-0.4, -0.2) is 29.3 Å². The molecule has 0 aliphatic carbocycles. The minimum absolute atomic E-state index is 0.0500. The zero-order valence-electron chi connectivity index (χ0n) is 11.4. The van der Waals surface area contributed by atoms with Crippen LogP contribution in [-0.2, 0) is 23.0 Å². The van der Waals surface area contributed by atoms with Gasteiger partial charge in [0.25, 0.3) is 0 Å². The monoisotopic (exact) mass is 238 g/mol. The van der Waals surface area contributed by atoms with Crippen LogP contribution < -0.4 is 0 Å². The van der Waals surface area contributed by atoms with Gasteiger partial charge in [-0.2, -0.15) is 5.10 Å². The number of methoxy groups -OCH3 is 1. The highest BCUT2D eigenvalue weighted by Gasteiger charge is 2.17. The van der Waals surface area contributed by atoms with E-state index in [0.717, 1.165) is 23.4 Å². The number of carbonyl (C=O) groups excluding carboxylic acids is 1. The normalized spacial score (nSPS) is 12.8. The van der Waals surface area contributed by atoms with E-state index in [9.17, 15) is 4.79 Å². The summed E-state index contributed by atoms with van der Waals surface area (Å²) in [5.41, 5.74) is 3.11. The molecule has 1 aromatic rings. The Balaban J connectivity index is 2.67. The molecule has 0 aliphatic rings. The number of aromatic nitrogens is 2. The quantitative estimate of drug-likeness (QED) is 0.759.